The predicted octanol–water partition coefficient (Wildman–Crippen LogP) is 2.75. The first-order valence-electron chi connectivity index (χ1n) is 4.05. The fourth-order valence-corrected chi connectivity index (χ4v) is 2.48. The summed E-state index contributed by atoms with van der Waals surface area (Å²) >= 11 is 0. The second kappa shape index (κ2) is 1.86. The summed E-state index contributed by atoms with van der Waals surface area (Å²) in [4.78, 5) is 0. The summed E-state index contributed by atoms with van der Waals surface area (Å²) in [6, 6.07) is 0. The van der Waals surface area contributed by atoms with Crippen molar-refractivity contribution in [3.8, 4) is 0 Å². The van der Waals surface area contributed by atoms with Crippen LogP contribution in [0.1, 0.15) is 32.1 Å². The van der Waals surface area contributed by atoms with E-state index >= 15 is 0 Å². The van der Waals surface area contributed by atoms with Crippen molar-refractivity contribution in [3.05, 3.63) is 12.2 Å². The third kappa shape index (κ3) is 0.726. The van der Waals surface area contributed by atoms with Gasteiger partial charge in [-0.1, -0.05) is 18.6 Å². The lowest BCUT2D eigenvalue weighted by Gasteiger charge is -2.07. The largest absolute Gasteiger partial charge is 0.0996 e. The van der Waals surface area contributed by atoms with Gasteiger partial charge in [0.05, 0.1) is 0 Å². The Morgan fingerprint density at radius 3 is 2.89 bits per heavy atom. The van der Waals surface area contributed by atoms with Gasteiger partial charge in [-0.25, -0.2) is 0 Å². The molecule has 0 aromatic rings. The molecule has 0 saturated heterocycles. The van der Waals surface area contributed by atoms with Crippen molar-refractivity contribution in [2.24, 2.45) is 11.8 Å². The van der Waals surface area contributed by atoms with Crippen LogP contribution in [0.2, 0.25) is 0 Å². The van der Waals surface area contributed by atoms with Crippen LogP contribution in [0, 0.1) is 11.8 Å². The third-order valence-electron chi connectivity index (χ3n) is 3.02. The van der Waals surface area contributed by atoms with E-state index in [1.807, 2.05) is 0 Å². The molecule has 0 aliphatic heterocycles. The molecule has 0 radical (unpaired) electrons. The van der Waals surface area contributed by atoms with Crippen molar-refractivity contribution in [2.75, 3.05) is 0 Å². The third-order valence-corrected chi connectivity index (χ3v) is 3.02. The summed E-state index contributed by atoms with van der Waals surface area (Å²) in [7, 11) is 0. The lowest BCUT2D eigenvalue weighted by molar-refractivity contribution is 0.491. The van der Waals surface area contributed by atoms with Crippen molar-refractivity contribution in [3.63, 3.8) is 0 Å². The molecule has 0 bridgehead atoms. The molecule has 2 atom stereocenters. The van der Waals surface area contributed by atoms with Gasteiger partial charge in [-0.2, -0.15) is 0 Å². The zero-order valence-electron chi connectivity index (χ0n) is 5.90. The van der Waals surface area contributed by atoms with Crippen molar-refractivity contribution in [2.45, 2.75) is 32.1 Å². The van der Waals surface area contributed by atoms with Crippen molar-refractivity contribution in [1.29, 1.82) is 0 Å². The first-order valence-corrected chi connectivity index (χ1v) is 4.05. The molecule has 0 aromatic heterocycles. The van der Waals surface area contributed by atoms with Crippen LogP contribution in [0.3, 0.4) is 0 Å². The van der Waals surface area contributed by atoms with Gasteiger partial charge in [-0.3, -0.25) is 0 Å². The molecule has 0 heterocycles. The van der Waals surface area contributed by atoms with E-state index < -0.39 is 0 Å². The SMILES string of the molecule is C=C1CC[C@H]2CCC[C@@H]12. The fraction of sp³-hybridized carbons (Fsp3) is 0.778. The molecule has 0 amide bonds. The second-order valence-corrected chi connectivity index (χ2v) is 3.49. The highest BCUT2D eigenvalue weighted by atomic mass is 14.4. The van der Waals surface area contributed by atoms with Crippen molar-refractivity contribution < 1.29 is 0 Å². The van der Waals surface area contributed by atoms with Crippen LogP contribution in [0.4, 0.5) is 0 Å². The van der Waals surface area contributed by atoms with Crippen LogP contribution < -0.4 is 0 Å². The molecule has 2 aliphatic rings. The summed E-state index contributed by atoms with van der Waals surface area (Å²) in [5.41, 5.74) is 1.55. The quantitative estimate of drug-likeness (QED) is 0.433. The molecule has 0 aromatic carbocycles. The Morgan fingerprint density at radius 2 is 2.11 bits per heavy atom. The average Bonchev–Trinajstić information content (AvgIpc) is 2.35. The Labute approximate surface area is 57.0 Å². The number of hydrogen-bond acceptors (Lipinski definition) is 0. The number of rotatable bonds is 0. The minimum absolute atomic E-state index is 0.949. The molecular formula is C9H14. The summed E-state index contributed by atoms with van der Waals surface area (Å²) in [6.45, 7) is 4.10. The lowest BCUT2D eigenvalue weighted by atomic mass is 9.98. The van der Waals surface area contributed by atoms with Gasteiger partial charge < -0.3 is 0 Å². The summed E-state index contributed by atoms with van der Waals surface area (Å²) < 4.78 is 0. The summed E-state index contributed by atoms with van der Waals surface area (Å²) in [5.74, 6) is 2.00. The predicted molar refractivity (Wildman–Crippen MR) is 39.2 cm³/mol. The maximum Gasteiger partial charge on any atom is -0.0177 e. The number of hydrogen-bond donors (Lipinski definition) is 0. The van der Waals surface area contributed by atoms with Crippen LogP contribution in [-0.4, -0.2) is 0 Å². The van der Waals surface area contributed by atoms with E-state index in [9.17, 15) is 0 Å². The zero-order valence-corrected chi connectivity index (χ0v) is 5.90. The van der Waals surface area contributed by atoms with E-state index in [0.717, 1.165) is 11.8 Å². The first kappa shape index (κ1) is 5.52. The van der Waals surface area contributed by atoms with Crippen LogP contribution in [-0.2, 0) is 0 Å². The van der Waals surface area contributed by atoms with Crippen LogP contribution in [0.25, 0.3) is 0 Å². The topological polar surface area (TPSA) is 0 Å². The second-order valence-electron chi connectivity index (χ2n) is 3.49. The molecule has 0 nitrogen and oxygen atoms in total. The highest BCUT2D eigenvalue weighted by molar-refractivity contribution is 5.10. The molecule has 0 heteroatoms. The fourth-order valence-electron chi connectivity index (χ4n) is 2.48. The maximum absolute atomic E-state index is 4.10. The van der Waals surface area contributed by atoms with E-state index in [1.165, 1.54) is 32.1 Å². The van der Waals surface area contributed by atoms with Crippen LogP contribution in [0.15, 0.2) is 12.2 Å². The van der Waals surface area contributed by atoms with Gasteiger partial charge in [0, 0.05) is 0 Å². The molecule has 9 heavy (non-hydrogen) atoms. The van der Waals surface area contributed by atoms with Gasteiger partial charge in [-0.15, -0.1) is 0 Å². The highest BCUT2D eigenvalue weighted by Gasteiger charge is 2.33. The van der Waals surface area contributed by atoms with Crippen molar-refractivity contribution >= 4 is 0 Å². The van der Waals surface area contributed by atoms with Crippen molar-refractivity contribution in [1.82, 2.24) is 0 Å². The molecule has 50 valence electrons. The molecule has 0 spiro atoms. The van der Waals surface area contributed by atoms with E-state index in [0.29, 0.717) is 0 Å². The van der Waals surface area contributed by atoms with Crippen LogP contribution in [0.5, 0.6) is 0 Å². The molecule has 2 fully saturated rings. The highest BCUT2D eigenvalue weighted by Crippen LogP contribution is 2.46. The van der Waals surface area contributed by atoms with E-state index in [-0.39, 0.29) is 0 Å². The zero-order chi connectivity index (χ0) is 6.27. The Hall–Kier alpha value is -0.260. The molecule has 2 rings (SSSR count). The molecule has 0 N–H and O–H groups in total. The van der Waals surface area contributed by atoms with Gasteiger partial charge in [0.25, 0.3) is 0 Å². The lowest BCUT2D eigenvalue weighted by Crippen LogP contribution is -1.97. The van der Waals surface area contributed by atoms with Gasteiger partial charge in [0.2, 0.25) is 0 Å². The Bertz CT molecular complexity index is 135. The maximum atomic E-state index is 4.10. The summed E-state index contributed by atoms with van der Waals surface area (Å²) in [6.07, 6.45) is 7.18. The average molecular weight is 122 g/mol. The van der Waals surface area contributed by atoms with Gasteiger partial charge >= 0.3 is 0 Å². The normalized spacial score (nSPS) is 41.6. The van der Waals surface area contributed by atoms with E-state index in [2.05, 4.69) is 6.58 Å². The number of fused-ring (bicyclic) bond motifs is 1. The standard InChI is InChI=1S/C9H14/c1-7-5-6-8-3-2-4-9(7)8/h8-9H,1-6H2/t8-,9+/m1/s1. The smallest absolute Gasteiger partial charge is 0.0177 e. The summed E-state index contributed by atoms with van der Waals surface area (Å²) in [5, 5.41) is 0. The van der Waals surface area contributed by atoms with E-state index in [4.69, 9.17) is 0 Å². The molecule has 2 aliphatic carbocycles. The van der Waals surface area contributed by atoms with Gasteiger partial charge in [-0.05, 0) is 37.5 Å². The Kier molecular flexibility index (Phi) is 1.14. The molecule has 0 unspecified atom stereocenters. The molecular weight excluding hydrogens is 108 g/mol. The van der Waals surface area contributed by atoms with Gasteiger partial charge in [0.1, 0.15) is 0 Å². The van der Waals surface area contributed by atoms with Gasteiger partial charge in [0.15, 0.2) is 0 Å². The first-order chi connectivity index (χ1) is 4.38. The van der Waals surface area contributed by atoms with E-state index in [1.54, 1.807) is 5.57 Å². The monoisotopic (exact) mass is 122 g/mol. The Morgan fingerprint density at radius 1 is 1.22 bits per heavy atom. The minimum atomic E-state index is 0.949. The minimum Gasteiger partial charge on any atom is -0.0996 e. The number of allylic oxidation sites excluding steroid dienone is 1. The Balaban J connectivity index is 2.15. The molecule has 2 saturated carbocycles. The van der Waals surface area contributed by atoms with Crippen LogP contribution >= 0.6 is 0 Å².